The summed E-state index contributed by atoms with van der Waals surface area (Å²) >= 11 is 1.79. The molecule has 0 bridgehead atoms. The molecule has 0 aromatic carbocycles. The van der Waals surface area contributed by atoms with Gasteiger partial charge < -0.3 is 5.73 Å². The fourth-order valence-electron chi connectivity index (χ4n) is 0.788. The van der Waals surface area contributed by atoms with Crippen molar-refractivity contribution in [2.45, 2.75) is 31.0 Å². The maximum Gasteiger partial charge on any atom is 0.0964 e. The summed E-state index contributed by atoms with van der Waals surface area (Å²) in [5.41, 5.74) is 6.27. The van der Waals surface area contributed by atoms with Gasteiger partial charge in [-0.05, 0) is 18.1 Å². The molecule has 13 heavy (non-hydrogen) atoms. The van der Waals surface area contributed by atoms with Crippen LogP contribution in [0.1, 0.15) is 20.8 Å². The van der Waals surface area contributed by atoms with E-state index in [1.165, 1.54) is 0 Å². The Kier molecular flexibility index (Phi) is 3.60. The van der Waals surface area contributed by atoms with Crippen molar-refractivity contribution in [3.8, 4) is 0 Å². The molecule has 1 aromatic rings. The topological polar surface area (TPSA) is 38.9 Å². The lowest BCUT2D eigenvalue weighted by Gasteiger charge is -2.13. The van der Waals surface area contributed by atoms with E-state index in [2.05, 4.69) is 25.8 Å². The Morgan fingerprint density at radius 1 is 1.31 bits per heavy atom. The first-order chi connectivity index (χ1) is 6.09. The molecule has 2 N–H and O–H groups in total. The SMILES string of the molecule is CC(C)C(C)Sc1ccc(N)cn1. The molecule has 0 aliphatic rings. The lowest BCUT2D eigenvalue weighted by atomic mass is 10.2. The number of rotatable bonds is 3. The van der Waals surface area contributed by atoms with Crippen LogP contribution >= 0.6 is 11.8 Å². The third kappa shape index (κ3) is 3.27. The molecule has 1 aromatic heterocycles. The van der Waals surface area contributed by atoms with Crippen molar-refractivity contribution in [3.63, 3.8) is 0 Å². The molecule has 2 nitrogen and oxygen atoms in total. The number of nitrogen functional groups attached to an aromatic ring is 1. The number of anilines is 1. The summed E-state index contributed by atoms with van der Waals surface area (Å²) < 4.78 is 0. The number of hydrogen-bond acceptors (Lipinski definition) is 3. The molecule has 3 heteroatoms. The number of nitrogens with two attached hydrogens (primary N) is 1. The largest absolute Gasteiger partial charge is 0.397 e. The van der Waals surface area contributed by atoms with Gasteiger partial charge in [-0.2, -0.15) is 0 Å². The molecule has 0 aliphatic heterocycles. The zero-order chi connectivity index (χ0) is 9.84. The summed E-state index contributed by atoms with van der Waals surface area (Å²) in [5.74, 6) is 0.671. The van der Waals surface area contributed by atoms with Crippen LogP contribution in [0.25, 0.3) is 0 Å². The number of nitrogens with zero attached hydrogens (tertiary/aromatic N) is 1. The minimum Gasteiger partial charge on any atom is -0.397 e. The van der Waals surface area contributed by atoms with Crippen molar-refractivity contribution in [3.05, 3.63) is 18.3 Å². The second-order valence-corrected chi connectivity index (χ2v) is 4.89. The average Bonchev–Trinajstić information content (AvgIpc) is 2.08. The van der Waals surface area contributed by atoms with Crippen LogP contribution in [0, 0.1) is 5.92 Å². The van der Waals surface area contributed by atoms with Crippen molar-refractivity contribution in [2.75, 3.05) is 5.73 Å². The maximum absolute atomic E-state index is 5.55. The third-order valence-corrected chi connectivity index (χ3v) is 3.40. The molecule has 1 heterocycles. The Balaban J connectivity index is 2.59. The lowest BCUT2D eigenvalue weighted by Crippen LogP contribution is -2.05. The molecule has 72 valence electrons. The maximum atomic E-state index is 5.55. The zero-order valence-corrected chi connectivity index (χ0v) is 9.14. The van der Waals surface area contributed by atoms with Crippen molar-refractivity contribution in [1.29, 1.82) is 0 Å². The second-order valence-electron chi connectivity index (χ2n) is 3.50. The van der Waals surface area contributed by atoms with Crippen LogP contribution in [0.4, 0.5) is 5.69 Å². The zero-order valence-electron chi connectivity index (χ0n) is 8.32. The van der Waals surface area contributed by atoms with Crippen molar-refractivity contribution in [1.82, 2.24) is 4.98 Å². The van der Waals surface area contributed by atoms with Gasteiger partial charge in [-0.1, -0.05) is 20.8 Å². The minimum absolute atomic E-state index is 0.594. The van der Waals surface area contributed by atoms with Crippen molar-refractivity contribution < 1.29 is 0 Å². The van der Waals surface area contributed by atoms with Crippen LogP contribution in [-0.2, 0) is 0 Å². The molecule has 0 radical (unpaired) electrons. The van der Waals surface area contributed by atoms with E-state index in [1.807, 2.05) is 12.1 Å². The molecule has 0 fully saturated rings. The number of thioether (sulfide) groups is 1. The predicted molar refractivity (Wildman–Crippen MR) is 58.8 cm³/mol. The van der Waals surface area contributed by atoms with Crippen LogP contribution < -0.4 is 5.73 Å². The van der Waals surface area contributed by atoms with E-state index in [-0.39, 0.29) is 0 Å². The summed E-state index contributed by atoms with van der Waals surface area (Å²) in [6.07, 6.45) is 1.70. The Morgan fingerprint density at radius 2 is 2.00 bits per heavy atom. The van der Waals surface area contributed by atoms with Gasteiger partial charge in [0, 0.05) is 5.25 Å². The Morgan fingerprint density at radius 3 is 2.46 bits per heavy atom. The Labute approximate surface area is 83.9 Å². The van der Waals surface area contributed by atoms with E-state index in [1.54, 1.807) is 18.0 Å². The molecule has 0 saturated heterocycles. The van der Waals surface area contributed by atoms with Gasteiger partial charge in [0.25, 0.3) is 0 Å². The van der Waals surface area contributed by atoms with Crippen LogP contribution in [0.5, 0.6) is 0 Å². The van der Waals surface area contributed by atoms with E-state index in [0.29, 0.717) is 11.2 Å². The third-order valence-electron chi connectivity index (χ3n) is 2.00. The summed E-state index contributed by atoms with van der Waals surface area (Å²) in [4.78, 5) is 4.24. The fourth-order valence-corrected chi connectivity index (χ4v) is 1.70. The first-order valence-corrected chi connectivity index (χ1v) is 5.35. The molecular formula is C10H16N2S. The molecule has 0 saturated carbocycles. The molecule has 1 rings (SSSR count). The predicted octanol–water partition coefficient (Wildman–Crippen LogP) is 2.80. The van der Waals surface area contributed by atoms with E-state index < -0.39 is 0 Å². The van der Waals surface area contributed by atoms with Gasteiger partial charge >= 0.3 is 0 Å². The highest BCUT2D eigenvalue weighted by Gasteiger charge is 2.08. The van der Waals surface area contributed by atoms with Crippen LogP contribution in [0.15, 0.2) is 23.4 Å². The van der Waals surface area contributed by atoms with Crippen molar-refractivity contribution >= 4 is 17.4 Å². The van der Waals surface area contributed by atoms with Gasteiger partial charge in [0.2, 0.25) is 0 Å². The van der Waals surface area contributed by atoms with E-state index in [4.69, 9.17) is 5.73 Å². The van der Waals surface area contributed by atoms with Gasteiger partial charge in [0.1, 0.15) is 0 Å². The Bertz CT molecular complexity index is 256. The highest BCUT2D eigenvalue weighted by atomic mass is 32.2. The summed E-state index contributed by atoms with van der Waals surface area (Å²) in [7, 11) is 0. The molecule has 0 spiro atoms. The molecule has 1 unspecified atom stereocenters. The smallest absolute Gasteiger partial charge is 0.0964 e. The standard InChI is InChI=1S/C10H16N2S/c1-7(2)8(3)13-10-5-4-9(11)6-12-10/h4-8H,11H2,1-3H3. The molecule has 1 atom stereocenters. The van der Waals surface area contributed by atoms with Crippen LogP contribution in [0.2, 0.25) is 0 Å². The highest BCUT2D eigenvalue weighted by Crippen LogP contribution is 2.26. The molecular weight excluding hydrogens is 180 g/mol. The molecule has 0 amide bonds. The average molecular weight is 196 g/mol. The van der Waals surface area contributed by atoms with Gasteiger partial charge in [-0.25, -0.2) is 4.98 Å². The fraction of sp³-hybridized carbons (Fsp3) is 0.500. The molecule has 0 aliphatic carbocycles. The van der Waals surface area contributed by atoms with Crippen LogP contribution in [0.3, 0.4) is 0 Å². The van der Waals surface area contributed by atoms with E-state index in [9.17, 15) is 0 Å². The van der Waals surface area contributed by atoms with E-state index in [0.717, 1.165) is 10.7 Å². The van der Waals surface area contributed by atoms with Gasteiger partial charge in [0.05, 0.1) is 16.9 Å². The number of aromatic nitrogens is 1. The highest BCUT2D eigenvalue weighted by molar-refractivity contribution is 7.99. The normalized spacial score (nSPS) is 13.2. The van der Waals surface area contributed by atoms with Gasteiger partial charge in [0.15, 0.2) is 0 Å². The van der Waals surface area contributed by atoms with Crippen molar-refractivity contribution in [2.24, 2.45) is 5.92 Å². The summed E-state index contributed by atoms with van der Waals surface area (Å²) in [5, 5.41) is 1.64. The van der Waals surface area contributed by atoms with Gasteiger partial charge in [-0.15, -0.1) is 11.8 Å². The lowest BCUT2D eigenvalue weighted by molar-refractivity contribution is 0.641. The summed E-state index contributed by atoms with van der Waals surface area (Å²) in [6.45, 7) is 6.65. The van der Waals surface area contributed by atoms with Crippen LogP contribution in [-0.4, -0.2) is 10.2 Å². The minimum atomic E-state index is 0.594. The quantitative estimate of drug-likeness (QED) is 0.755. The second kappa shape index (κ2) is 4.51. The van der Waals surface area contributed by atoms with E-state index >= 15 is 0 Å². The number of hydrogen-bond donors (Lipinski definition) is 1. The van der Waals surface area contributed by atoms with Gasteiger partial charge in [-0.3, -0.25) is 0 Å². The first kappa shape index (κ1) is 10.4. The number of pyridine rings is 1. The monoisotopic (exact) mass is 196 g/mol. The first-order valence-electron chi connectivity index (χ1n) is 4.48. The Hall–Kier alpha value is -0.700. The summed E-state index contributed by atoms with van der Waals surface area (Å²) in [6, 6.07) is 3.86.